The number of carbonyl (C=O) groups is 2. The van der Waals surface area contributed by atoms with E-state index in [0.29, 0.717) is 5.56 Å². The van der Waals surface area contributed by atoms with Crippen molar-refractivity contribution in [2.24, 2.45) is 7.05 Å². The van der Waals surface area contributed by atoms with Crippen molar-refractivity contribution in [1.82, 2.24) is 25.4 Å². The number of nitrogens with zero attached hydrogens (tertiary/aromatic N) is 3. The van der Waals surface area contributed by atoms with E-state index in [9.17, 15) is 9.59 Å². The maximum atomic E-state index is 13.1. The third kappa shape index (κ3) is 4.77. The first-order valence-corrected chi connectivity index (χ1v) is 10.9. The van der Waals surface area contributed by atoms with E-state index in [4.69, 9.17) is 4.98 Å². The number of hydrogen-bond acceptors (Lipinski definition) is 4. The molecule has 2 heterocycles. The molecule has 0 saturated carbocycles. The van der Waals surface area contributed by atoms with Crippen molar-refractivity contribution in [2.45, 2.75) is 26.3 Å². The molecule has 0 aliphatic carbocycles. The number of para-hydroxylation sites is 1. The van der Waals surface area contributed by atoms with E-state index in [-0.39, 0.29) is 24.3 Å². The standard InChI is InChI=1S/C26H27N5O2/c1-16-11-18(12-25(32)27-3)9-10-20(16)26(33)29-17(2)22-13-24(19-14-28-31(4)15-19)30-23-8-6-5-7-21(22)23/h5-11,13-15,17H,12H2,1-4H3,(H,27,32)(H,29,33)/t17-/m1/s1. The molecule has 0 spiro atoms. The van der Waals surface area contributed by atoms with Crippen LogP contribution in [-0.2, 0) is 18.3 Å². The molecule has 0 bridgehead atoms. The molecule has 0 saturated heterocycles. The lowest BCUT2D eigenvalue weighted by Crippen LogP contribution is -2.27. The van der Waals surface area contributed by atoms with Gasteiger partial charge >= 0.3 is 0 Å². The number of pyridine rings is 1. The van der Waals surface area contributed by atoms with E-state index < -0.39 is 0 Å². The number of nitrogens with one attached hydrogen (secondary N) is 2. The smallest absolute Gasteiger partial charge is 0.252 e. The van der Waals surface area contributed by atoms with Crippen molar-refractivity contribution < 1.29 is 9.59 Å². The van der Waals surface area contributed by atoms with Gasteiger partial charge < -0.3 is 10.6 Å². The molecule has 2 N–H and O–H groups in total. The molecule has 0 fully saturated rings. The van der Waals surface area contributed by atoms with Crippen LogP contribution in [0.25, 0.3) is 22.2 Å². The zero-order chi connectivity index (χ0) is 23.5. The molecule has 0 unspecified atom stereocenters. The highest BCUT2D eigenvalue weighted by molar-refractivity contribution is 5.96. The summed E-state index contributed by atoms with van der Waals surface area (Å²) in [6, 6.07) is 15.2. The summed E-state index contributed by atoms with van der Waals surface area (Å²) in [6.45, 7) is 3.86. The summed E-state index contributed by atoms with van der Waals surface area (Å²) < 4.78 is 1.74. The van der Waals surface area contributed by atoms with Gasteiger partial charge in [-0.15, -0.1) is 0 Å². The molecule has 7 heteroatoms. The normalized spacial score (nSPS) is 11.9. The third-order valence-electron chi connectivity index (χ3n) is 5.74. The van der Waals surface area contributed by atoms with Crippen molar-refractivity contribution in [3.63, 3.8) is 0 Å². The largest absolute Gasteiger partial charge is 0.359 e. The summed E-state index contributed by atoms with van der Waals surface area (Å²) in [5.74, 6) is -0.218. The summed E-state index contributed by atoms with van der Waals surface area (Å²) in [7, 11) is 3.48. The predicted molar refractivity (Wildman–Crippen MR) is 129 cm³/mol. The van der Waals surface area contributed by atoms with Crippen LogP contribution >= 0.6 is 0 Å². The van der Waals surface area contributed by atoms with Crippen LogP contribution in [0.1, 0.15) is 40.0 Å². The first kappa shape index (κ1) is 22.2. The van der Waals surface area contributed by atoms with Crippen LogP contribution in [0.3, 0.4) is 0 Å². The minimum Gasteiger partial charge on any atom is -0.359 e. The van der Waals surface area contributed by atoms with Crippen molar-refractivity contribution in [3.05, 3.63) is 83.2 Å². The Labute approximate surface area is 192 Å². The zero-order valence-corrected chi connectivity index (χ0v) is 19.2. The quantitative estimate of drug-likeness (QED) is 0.477. The van der Waals surface area contributed by atoms with E-state index >= 15 is 0 Å². The molecule has 0 aliphatic heterocycles. The zero-order valence-electron chi connectivity index (χ0n) is 19.2. The van der Waals surface area contributed by atoms with Gasteiger partial charge in [-0.05, 0) is 48.7 Å². The molecule has 4 aromatic rings. The highest BCUT2D eigenvalue weighted by Gasteiger charge is 2.18. The minimum absolute atomic E-state index is 0.0609. The average molecular weight is 442 g/mol. The third-order valence-corrected chi connectivity index (χ3v) is 5.74. The van der Waals surface area contributed by atoms with Crippen LogP contribution in [-0.4, -0.2) is 33.6 Å². The summed E-state index contributed by atoms with van der Waals surface area (Å²) in [6.07, 6.45) is 4.00. The lowest BCUT2D eigenvalue weighted by atomic mass is 9.99. The number of aryl methyl sites for hydroxylation is 2. The highest BCUT2D eigenvalue weighted by Crippen LogP contribution is 2.29. The Morgan fingerprint density at radius 3 is 2.61 bits per heavy atom. The van der Waals surface area contributed by atoms with Crippen molar-refractivity contribution in [3.8, 4) is 11.3 Å². The number of likely N-dealkylation sites (N-methyl/N-ethyl adjacent to an activating group) is 1. The summed E-state index contributed by atoms with van der Waals surface area (Å²) in [5, 5.41) is 11.0. The molecule has 7 nitrogen and oxygen atoms in total. The molecule has 1 atom stereocenters. The van der Waals surface area contributed by atoms with Crippen LogP contribution in [0.4, 0.5) is 0 Å². The van der Waals surface area contributed by atoms with Gasteiger partial charge in [0.1, 0.15) is 0 Å². The first-order valence-electron chi connectivity index (χ1n) is 10.9. The molecule has 2 amide bonds. The fourth-order valence-electron chi connectivity index (χ4n) is 3.98. The lowest BCUT2D eigenvalue weighted by molar-refractivity contribution is -0.119. The van der Waals surface area contributed by atoms with Gasteiger partial charge in [0.05, 0.1) is 29.9 Å². The molecular weight excluding hydrogens is 414 g/mol. The number of aromatic nitrogens is 3. The van der Waals surface area contributed by atoms with E-state index in [1.807, 2.05) is 69.6 Å². The summed E-state index contributed by atoms with van der Waals surface area (Å²) in [5.41, 5.74) is 5.88. The maximum Gasteiger partial charge on any atom is 0.252 e. The van der Waals surface area contributed by atoms with Gasteiger partial charge in [0.2, 0.25) is 5.91 Å². The van der Waals surface area contributed by atoms with Crippen molar-refractivity contribution in [1.29, 1.82) is 0 Å². The van der Waals surface area contributed by atoms with Gasteiger partial charge in [-0.25, -0.2) is 4.98 Å². The monoisotopic (exact) mass is 441 g/mol. The SMILES string of the molecule is CNC(=O)Cc1ccc(C(=O)N[C@H](C)c2cc(-c3cnn(C)c3)nc3ccccc23)c(C)c1. The second-order valence-electron chi connectivity index (χ2n) is 8.21. The van der Waals surface area contributed by atoms with Crippen LogP contribution in [0, 0.1) is 6.92 Å². The van der Waals surface area contributed by atoms with Crippen LogP contribution in [0.2, 0.25) is 0 Å². The summed E-state index contributed by atoms with van der Waals surface area (Å²) >= 11 is 0. The number of carbonyl (C=O) groups excluding carboxylic acids is 2. The average Bonchev–Trinajstić information content (AvgIpc) is 3.24. The molecule has 33 heavy (non-hydrogen) atoms. The van der Waals surface area contributed by atoms with E-state index in [2.05, 4.69) is 15.7 Å². The van der Waals surface area contributed by atoms with E-state index in [1.165, 1.54) is 0 Å². The number of fused-ring (bicyclic) bond motifs is 1. The minimum atomic E-state index is -0.245. The maximum absolute atomic E-state index is 13.1. The second-order valence-corrected chi connectivity index (χ2v) is 8.21. The highest BCUT2D eigenvalue weighted by atomic mass is 16.2. The van der Waals surface area contributed by atoms with Crippen LogP contribution < -0.4 is 10.6 Å². The van der Waals surface area contributed by atoms with E-state index in [1.54, 1.807) is 24.0 Å². The number of rotatable bonds is 6. The van der Waals surface area contributed by atoms with Gasteiger partial charge in [-0.2, -0.15) is 5.10 Å². The Hall–Kier alpha value is -4.00. The van der Waals surface area contributed by atoms with E-state index in [0.717, 1.165) is 38.9 Å². The number of hydrogen-bond donors (Lipinski definition) is 2. The van der Waals surface area contributed by atoms with Gasteiger partial charge in [-0.3, -0.25) is 14.3 Å². The molecule has 0 aliphatic rings. The Bertz CT molecular complexity index is 1340. The molecular formula is C26H27N5O2. The lowest BCUT2D eigenvalue weighted by Gasteiger charge is -2.18. The molecule has 2 aromatic heterocycles. The predicted octanol–water partition coefficient (Wildman–Crippen LogP) is 3.72. The topological polar surface area (TPSA) is 88.9 Å². The summed E-state index contributed by atoms with van der Waals surface area (Å²) in [4.78, 5) is 29.6. The Kier molecular flexibility index (Phi) is 6.22. The van der Waals surface area contributed by atoms with Crippen molar-refractivity contribution >= 4 is 22.7 Å². The second kappa shape index (κ2) is 9.24. The molecule has 4 rings (SSSR count). The molecule has 2 aromatic carbocycles. The van der Waals surface area contributed by atoms with Crippen LogP contribution in [0.15, 0.2) is 60.9 Å². The van der Waals surface area contributed by atoms with Gasteiger partial charge in [0.15, 0.2) is 0 Å². The van der Waals surface area contributed by atoms with Gasteiger partial charge in [0, 0.05) is 36.8 Å². The Morgan fingerprint density at radius 2 is 1.91 bits per heavy atom. The molecule has 0 radical (unpaired) electrons. The molecule has 168 valence electrons. The fraction of sp³-hybridized carbons (Fsp3) is 0.231. The fourth-order valence-corrected chi connectivity index (χ4v) is 3.98. The Balaban J connectivity index is 1.63. The first-order chi connectivity index (χ1) is 15.9. The van der Waals surface area contributed by atoms with Gasteiger partial charge in [-0.1, -0.05) is 30.3 Å². The van der Waals surface area contributed by atoms with Gasteiger partial charge in [0.25, 0.3) is 5.91 Å². The number of amides is 2. The Morgan fingerprint density at radius 1 is 1.12 bits per heavy atom. The van der Waals surface area contributed by atoms with Crippen molar-refractivity contribution in [2.75, 3.05) is 7.05 Å². The van der Waals surface area contributed by atoms with Crippen LogP contribution in [0.5, 0.6) is 0 Å². The number of benzene rings is 2.